The number of carbonyl (C=O) groups is 3. The summed E-state index contributed by atoms with van der Waals surface area (Å²) in [6.45, 7) is 6.09. The van der Waals surface area contributed by atoms with Crippen molar-refractivity contribution in [2.24, 2.45) is 17.6 Å². The van der Waals surface area contributed by atoms with Gasteiger partial charge in [0.2, 0.25) is 17.7 Å². The number of hydrogen-bond acceptors (Lipinski definition) is 8. The van der Waals surface area contributed by atoms with Crippen molar-refractivity contribution in [2.45, 2.75) is 43.7 Å². The van der Waals surface area contributed by atoms with E-state index < -0.39 is 18.2 Å². The molecule has 0 aromatic carbocycles. The Hall–Kier alpha value is -2.51. The number of β-lactam (4-membered cyclic amide) rings is 1. The topological polar surface area (TPSA) is 173 Å². The average Bonchev–Trinajstić information content (AvgIpc) is 3.29. The fraction of sp³-hybridized carbons (Fsp3) is 0.700. The Bertz CT molecular complexity index is 888. The number of guanidine groups is 1. The lowest BCUT2D eigenvalue weighted by Crippen LogP contribution is -2.63. The molecular weight excluding hydrogens is 452 g/mol. The number of thioether (sulfide) groups is 1. The Labute approximate surface area is 195 Å². The predicted molar refractivity (Wildman–Crippen MR) is 119 cm³/mol. The van der Waals surface area contributed by atoms with Crippen LogP contribution in [0.3, 0.4) is 0 Å². The van der Waals surface area contributed by atoms with Gasteiger partial charge in [0.25, 0.3) is 0 Å². The van der Waals surface area contributed by atoms with E-state index in [-0.39, 0.29) is 46.9 Å². The first-order chi connectivity index (χ1) is 15.6. The Morgan fingerprint density at radius 3 is 2.48 bits per heavy atom. The molecule has 0 bridgehead atoms. The molecule has 182 valence electrons. The summed E-state index contributed by atoms with van der Waals surface area (Å²) in [5, 5.41) is 30.0. The van der Waals surface area contributed by atoms with Crippen LogP contribution in [-0.2, 0) is 14.3 Å². The summed E-state index contributed by atoms with van der Waals surface area (Å²) in [6.07, 6.45) is -1.77. The molecule has 3 fully saturated rings. The lowest BCUT2D eigenvalue weighted by molar-refractivity contribution is -0.163. The Balaban J connectivity index is 1.41. The third-order valence-electron chi connectivity index (χ3n) is 6.86. The van der Waals surface area contributed by atoms with Crippen LogP contribution in [0.4, 0.5) is 4.79 Å². The molecule has 0 aliphatic carbocycles. The number of amides is 2. The summed E-state index contributed by atoms with van der Waals surface area (Å²) in [4.78, 5) is 42.3. The molecule has 0 spiro atoms. The second kappa shape index (κ2) is 9.03. The van der Waals surface area contributed by atoms with Crippen molar-refractivity contribution in [3.05, 3.63) is 10.8 Å². The number of nitrogens with two attached hydrogens (primary N) is 1. The highest BCUT2D eigenvalue weighted by molar-refractivity contribution is 8.03. The van der Waals surface area contributed by atoms with Crippen LogP contribution in [0.5, 0.6) is 0 Å². The van der Waals surface area contributed by atoms with E-state index in [2.05, 4.69) is 5.32 Å². The minimum atomic E-state index is -1.49. The smallest absolute Gasteiger partial charge is 0.449 e. The first-order valence-electron chi connectivity index (χ1n) is 11.0. The van der Waals surface area contributed by atoms with Crippen LogP contribution < -0.4 is 11.1 Å². The number of rotatable bonds is 5. The minimum absolute atomic E-state index is 0.00102. The van der Waals surface area contributed by atoms with Crippen LogP contribution in [0, 0.1) is 17.2 Å². The molecule has 0 saturated carbocycles. The van der Waals surface area contributed by atoms with Crippen LogP contribution >= 0.6 is 11.8 Å². The van der Waals surface area contributed by atoms with Gasteiger partial charge in [0.1, 0.15) is 0 Å². The number of nitrogens with zero attached hydrogens (tertiary/aromatic N) is 3. The monoisotopic (exact) mass is 482 g/mol. The summed E-state index contributed by atoms with van der Waals surface area (Å²) in [5.41, 5.74) is 5.52. The summed E-state index contributed by atoms with van der Waals surface area (Å²) in [5.74, 6) is -1.06. The van der Waals surface area contributed by atoms with Crippen LogP contribution in [0.2, 0.25) is 0 Å². The fourth-order valence-corrected chi connectivity index (χ4v) is 6.57. The first-order valence-corrected chi connectivity index (χ1v) is 11.9. The number of hydrogen-bond donors (Lipinski definition) is 5. The number of aliphatic hydroxyl groups is 1. The van der Waals surface area contributed by atoms with Gasteiger partial charge in [-0.1, -0.05) is 6.92 Å². The maximum Gasteiger partial charge on any atom is 0.512 e. The Kier molecular flexibility index (Phi) is 6.47. The molecule has 5 unspecified atom stereocenters. The molecule has 12 nitrogen and oxygen atoms in total. The van der Waals surface area contributed by atoms with Crippen molar-refractivity contribution in [2.75, 3.05) is 32.7 Å². The van der Waals surface area contributed by atoms with Crippen molar-refractivity contribution < 1.29 is 29.3 Å². The van der Waals surface area contributed by atoms with E-state index >= 15 is 0 Å². The molecule has 0 aromatic heterocycles. The van der Waals surface area contributed by atoms with Crippen LogP contribution in [0.25, 0.3) is 0 Å². The molecule has 6 N–H and O–H groups in total. The number of carbonyl (C=O) groups excluding carboxylic acids is 2. The molecule has 4 rings (SSSR count). The summed E-state index contributed by atoms with van der Waals surface area (Å²) >= 11 is 1.44. The third-order valence-corrected chi connectivity index (χ3v) is 8.35. The van der Waals surface area contributed by atoms with Gasteiger partial charge in [-0.15, -0.1) is 11.8 Å². The molecule has 4 aliphatic heterocycles. The van der Waals surface area contributed by atoms with Crippen molar-refractivity contribution in [1.82, 2.24) is 20.0 Å². The van der Waals surface area contributed by atoms with Crippen LogP contribution in [0.15, 0.2) is 10.8 Å². The van der Waals surface area contributed by atoms with Gasteiger partial charge in [0.05, 0.1) is 29.0 Å². The van der Waals surface area contributed by atoms with E-state index in [1.165, 1.54) is 16.7 Å². The number of fused-ring (bicyclic) bond motifs is 1. The minimum Gasteiger partial charge on any atom is -0.449 e. The van der Waals surface area contributed by atoms with Crippen LogP contribution in [-0.4, -0.2) is 105 Å². The van der Waals surface area contributed by atoms with E-state index in [0.29, 0.717) is 44.0 Å². The molecule has 0 radical (unpaired) electrons. The average molecular weight is 483 g/mol. The highest BCUT2D eigenvalue weighted by Gasteiger charge is 2.60. The molecule has 6 atom stereocenters. The predicted octanol–water partition coefficient (Wildman–Crippen LogP) is -0.791. The van der Waals surface area contributed by atoms with Gasteiger partial charge >= 0.3 is 6.16 Å². The first kappa shape index (κ1) is 23.6. The van der Waals surface area contributed by atoms with Crippen molar-refractivity contribution in [1.29, 1.82) is 5.41 Å². The SMILES string of the molecule is CC(O)C1C(=O)N2C(OC(=O)O)=C(SC3CNC(C(=O)N4CCN(C(=N)N)CC4)C3)C(C)[C@@H]12. The normalized spacial score (nSPS) is 32.5. The van der Waals surface area contributed by atoms with Gasteiger partial charge in [-0.3, -0.25) is 19.9 Å². The van der Waals surface area contributed by atoms with Crippen molar-refractivity contribution >= 4 is 35.7 Å². The maximum atomic E-state index is 13.0. The largest absolute Gasteiger partial charge is 0.512 e. The molecule has 2 amide bonds. The van der Waals surface area contributed by atoms with Crippen molar-refractivity contribution in [3.63, 3.8) is 0 Å². The zero-order chi connectivity index (χ0) is 24.0. The lowest BCUT2D eigenvalue weighted by atomic mass is 9.79. The van der Waals surface area contributed by atoms with Gasteiger partial charge in [0.15, 0.2) is 5.96 Å². The second-order valence-electron chi connectivity index (χ2n) is 8.93. The Morgan fingerprint density at radius 2 is 1.91 bits per heavy atom. The molecule has 4 heterocycles. The lowest BCUT2D eigenvalue weighted by Gasteiger charge is -2.45. The standard InChI is InChI=1S/C20H30N6O6S/c1-9-14-13(10(2)27)17(29)26(14)18(32-20(30)31)15(9)33-11-7-12(23-8-11)16(28)24-3-5-25(6-4-24)19(21)22/h9-14,23,27H,3-8H2,1-2H3,(H3,21,22)(H,30,31)/t9?,10?,11?,12?,13?,14-/m0/s1. The van der Waals surface area contributed by atoms with Gasteiger partial charge in [-0.2, -0.15) is 0 Å². The van der Waals surface area contributed by atoms with E-state index in [1.54, 1.807) is 16.7 Å². The Morgan fingerprint density at radius 1 is 1.27 bits per heavy atom. The quantitative estimate of drug-likeness (QED) is 0.145. The number of piperazine rings is 1. The van der Waals surface area contributed by atoms with E-state index in [9.17, 15) is 24.6 Å². The molecule has 13 heteroatoms. The van der Waals surface area contributed by atoms with Gasteiger partial charge < -0.3 is 35.8 Å². The number of carboxylic acid groups (broad SMARTS) is 1. The highest BCUT2D eigenvalue weighted by atomic mass is 32.2. The molecular formula is C20H30N6O6S. The number of nitrogens with one attached hydrogen (secondary N) is 2. The number of ether oxygens (including phenoxy) is 1. The summed E-state index contributed by atoms with van der Waals surface area (Å²) in [6, 6.07) is -0.685. The third kappa shape index (κ3) is 4.24. The van der Waals surface area contributed by atoms with Gasteiger partial charge in [0, 0.05) is 43.9 Å². The zero-order valence-electron chi connectivity index (χ0n) is 18.6. The maximum absolute atomic E-state index is 13.0. The number of aliphatic hydroxyl groups excluding tert-OH is 1. The summed E-state index contributed by atoms with van der Waals surface area (Å²) < 4.78 is 5.01. The zero-order valence-corrected chi connectivity index (χ0v) is 19.4. The van der Waals surface area contributed by atoms with E-state index in [1.807, 2.05) is 6.92 Å². The molecule has 0 aromatic rings. The second-order valence-corrected chi connectivity index (χ2v) is 10.3. The molecule has 4 aliphatic rings. The molecule has 3 saturated heterocycles. The molecule has 33 heavy (non-hydrogen) atoms. The van der Waals surface area contributed by atoms with E-state index in [0.717, 1.165) is 0 Å². The fourth-order valence-electron chi connectivity index (χ4n) is 5.15. The van der Waals surface area contributed by atoms with E-state index in [4.69, 9.17) is 15.9 Å². The van der Waals surface area contributed by atoms with Crippen molar-refractivity contribution in [3.8, 4) is 0 Å². The summed E-state index contributed by atoms with van der Waals surface area (Å²) in [7, 11) is 0. The van der Waals surface area contributed by atoms with Gasteiger partial charge in [-0.05, 0) is 13.3 Å². The van der Waals surface area contributed by atoms with Crippen LogP contribution in [0.1, 0.15) is 20.3 Å². The highest BCUT2D eigenvalue weighted by Crippen LogP contribution is 2.52. The van der Waals surface area contributed by atoms with Gasteiger partial charge in [-0.25, -0.2) is 4.79 Å².